The summed E-state index contributed by atoms with van der Waals surface area (Å²) in [4.78, 5) is 6.50. The van der Waals surface area contributed by atoms with E-state index in [1.807, 2.05) is 37.5 Å². The number of rotatable bonds is 3. The lowest BCUT2D eigenvalue weighted by Crippen LogP contribution is -2.32. The van der Waals surface area contributed by atoms with Crippen LogP contribution in [0.1, 0.15) is 12.0 Å². The molecule has 1 saturated heterocycles. The average Bonchev–Trinajstić information content (AvgIpc) is 2.80. The monoisotopic (exact) mass is 290 g/mol. The van der Waals surface area contributed by atoms with Gasteiger partial charge in [0.15, 0.2) is 9.84 Å². The largest absolute Gasteiger partial charge is 0.298 e. The van der Waals surface area contributed by atoms with E-state index in [0.29, 0.717) is 5.75 Å². The summed E-state index contributed by atoms with van der Waals surface area (Å²) in [5.41, 5.74) is 2.18. The number of fused-ring (bicyclic) bond motifs is 1. The van der Waals surface area contributed by atoms with Gasteiger partial charge in [-0.25, -0.2) is 8.42 Å². The Morgan fingerprint density at radius 3 is 2.85 bits per heavy atom. The molecule has 1 fully saturated rings. The van der Waals surface area contributed by atoms with Crippen LogP contribution >= 0.6 is 0 Å². The van der Waals surface area contributed by atoms with Crippen molar-refractivity contribution in [2.75, 3.05) is 18.6 Å². The Bertz CT molecular complexity index is 722. The fourth-order valence-electron chi connectivity index (χ4n) is 2.81. The molecule has 1 atom stereocenters. The van der Waals surface area contributed by atoms with Crippen molar-refractivity contribution in [3.63, 3.8) is 0 Å². The number of sulfone groups is 1. The van der Waals surface area contributed by atoms with Gasteiger partial charge >= 0.3 is 0 Å². The van der Waals surface area contributed by atoms with Crippen molar-refractivity contribution in [1.82, 2.24) is 9.88 Å². The standard InChI is InChI=1S/C15H18N2O2S/c1-17(13-7-9-20(18,19)11-13)10-12-6-8-16-15-5-3-2-4-14(12)15/h2-6,8,13H,7,9-11H2,1H3/t13-/m1/s1. The van der Waals surface area contributed by atoms with Crippen LogP contribution in [0.5, 0.6) is 0 Å². The highest BCUT2D eigenvalue weighted by Crippen LogP contribution is 2.22. The zero-order valence-corrected chi connectivity index (χ0v) is 12.3. The molecule has 1 aliphatic rings. The Labute approximate surface area is 119 Å². The van der Waals surface area contributed by atoms with Crippen LogP contribution in [0.3, 0.4) is 0 Å². The van der Waals surface area contributed by atoms with Crippen LogP contribution in [-0.2, 0) is 16.4 Å². The molecule has 1 aliphatic heterocycles. The van der Waals surface area contributed by atoms with E-state index in [-0.39, 0.29) is 11.8 Å². The molecule has 2 aromatic rings. The van der Waals surface area contributed by atoms with Crippen LogP contribution in [-0.4, -0.2) is 42.9 Å². The van der Waals surface area contributed by atoms with Gasteiger partial charge in [-0.3, -0.25) is 9.88 Å². The lowest BCUT2D eigenvalue weighted by Gasteiger charge is -2.23. The van der Waals surface area contributed by atoms with Crippen LogP contribution in [0.4, 0.5) is 0 Å². The molecule has 3 rings (SSSR count). The Kier molecular flexibility index (Phi) is 3.48. The maximum atomic E-state index is 11.6. The molecule has 1 aromatic carbocycles. The second-order valence-electron chi connectivity index (χ2n) is 5.46. The molecule has 0 spiro atoms. The molecular weight excluding hydrogens is 272 g/mol. The summed E-state index contributed by atoms with van der Waals surface area (Å²) in [5.74, 6) is 0.603. The van der Waals surface area contributed by atoms with E-state index in [9.17, 15) is 8.42 Å². The minimum absolute atomic E-state index is 0.131. The van der Waals surface area contributed by atoms with Gasteiger partial charge in [-0.05, 0) is 31.2 Å². The van der Waals surface area contributed by atoms with Crippen LogP contribution in [0.2, 0.25) is 0 Å². The lowest BCUT2D eigenvalue weighted by atomic mass is 10.1. The summed E-state index contributed by atoms with van der Waals surface area (Å²) in [6.45, 7) is 0.753. The second-order valence-corrected chi connectivity index (χ2v) is 7.69. The highest BCUT2D eigenvalue weighted by Gasteiger charge is 2.30. The maximum absolute atomic E-state index is 11.6. The van der Waals surface area contributed by atoms with Gasteiger partial charge in [0.05, 0.1) is 17.0 Å². The third-order valence-electron chi connectivity index (χ3n) is 3.99. The van der Waals surface area contributed by atoms with Gasteiger partial charge in [0.25, 0.3) is 0 Å². The third-order valence-corrected chi connectivity index (χ3v) is 5.74. The van der Waals surface area contributed by atoms with Crippen molar-refractivity contribution in [2.45, 2.75) is 19.0 Å². The maximum Gasteiger partial charge on any atom is 0.151 e. The van der Waals surface area contributed by atoms with Gasteiger partial charge in [0.2, 0.25) is 0 Å². The molecule has 106 valence electrons. The highest BCUT2D eigenvalue weighted by atomic mass is 32.2. The Morgan fingerprint density at radius 2 is 2.10 bits per heavy atom. The summed E-state index contributed by atoms with van der Waals surface area (Å²) in [6.07, 6.45) is 2.55. The van der Waals surface area contributed by atoms with Crippen LogP contribution in [0.25, 0.3) is 10.9 Å². The number of para-hydroxylation sites is 1. The predicted molar refractivity (Wildman–Crippen MR) is 80.3 cm³/mol. The van der Waals surface area contributed by atoms with E-state index in [4.69, 9.17) is 0 Å². The van der Waals surface area contributed by atoms with E-state index >= 15 is 0 Å². The summed E-state index contributed by atoms with van der Waals surface area (Å²) >= 11 is 0. The molecule has 0 amide bonds. The first-order valence-electron chi connectivity index (χ1n) is 6.78. The smallest absolute Gasteiger partial charge is 0.151 e. The molecule has 4 nitrogen and oxygen atoms in total. The zero-order chi connectivity index (χ0) is 14.2. The number of pyridine rings is 1. The van der Waals surface area contributed by atoms with Crippen molar-refractivity contribution >= 4 is 20.7 Å². The minimum Gasteiger partial charge on any atom is -0.298 e. The molecule has 5 heteroatoms. The number of hydrogen-bond acceptors (Lipinski definition) is 4. The molecule has 0 bridgehead atoms. The third kappa shape index (κ3) is 2.69. The molecule has 0 radical (unpaired) electrons. The molecule has 0 unspecified atom stereocenters. The molecule has 0 aliphatic carbocycles. The summed E-state index contributed by atoms with van der Waals surface area (Å²) in [7, 11) is -0.829. The highest BCUT2D eigenvalue weighted by molar-refractivity contribution is 7.91. The second kappa shape index (κ2) is 5.14. The fraction of sp³-hybridized carbons (Fsp3) is 0.400. The van der Waals surface area contributed by atoms with Crippen molar-refractivity contribution < 1.29 is 8.42 Å². The first kappa shape index (κ1) is 13.5. The number of benzene rings is 1. The molecular formula is C15H18N2O2S. The number of aromatic nitrogens is 1. The lowest BCUT2D eigenvalue weighted by molar-refractivity contribution is 0.255. The molecule has 0 saturated carbocycles. The summed E-state index contributed by atoms with van der Waals surface area (Å²) in [6, 6.07) is 10.2. The predicted octanol–water partition coefficient (Wildman–Crippen LogP) is 1.85. The van der Waals surface area contributed by atoms with Crippen LogP contribution < -0.4 is 0 Å². The van der Waals surface area contributed by atoms with Gasteiger partial charge in [0, 0.05) is 24.2 Å². The van der Waals surface area contributed by atoms with Crippen molar-refractivity contribution in [1.29, 1.82) is 0 Å². The normalized spacial score (nSPS) is 21.6. The molecule has 20 heavy (non-hydrogen) atoms. The van der Waals surface area contributed by atoms with E-state index in [0.717, 1.165) is 23.9 Å². The number of hydrogen-bond donors (Lipinski definition) is 0. The zero-order valence-electron chi connectivity index (χ0n) is 11.5. The minimum atomic E-state index is -2.83. The van der Waals surface area contributed by atoms with Gasteiger partial charge < -0.3 is 0 Å². The van der Waals surface area contributed by atoms with E-state index in [1.54, 1.807) is 0 Å². The van der Waals surface area contributed by atoms with E-state index in [1.165, 1.54) is 5.56 Å². The first-order valence-corrected chi connectivity index (χ1v) is 8.60. The quantitative estimate of drug-likeness (QED) is 0.865. The van der Waals surface area contributed by atoms with E-state index < -0.39 is 9.84 Å². The van der Waals surface area contributed by atoms with Crippen molar-refractivity contribution in [3.8, 4) is 0 Å². The molecule has 1 aromatic heterocycles. The topological polar surface area (TPSA) is 50.3 Å². The van der Waals surface area contributed by atoms with Gasteiger partial charge in [-0.2, -0.15) is 0 Å². The first-order chi connectivity index (χ1) is 9.55. The Morgan fingerprint density at radius 1 is 1.30 bits per heavy atom. The van der Waals surface area contributed by atoms with Crippen molar-refractivity contribution in [3.05, 3.63) is 42.1 Å². The van der Waals surface area contributed by atoms with Crippen LogP contribution in [0.15, 0.2) is 36.5 Å². The molecule has 0 N–H and O–H groups in total. The van der Waals surface area contributed by atoms with Crippen LogP contribution in [0, 0.1) is 0 Å². The van der Waals surface area contributed by atoms with Gasteiger partial charge in [0.1, 0.15) is 0 Å². The molecule has 2 heterocycles. The van der Waals surface area contributed by atoms with Gasteiger partial charge in [-0.15, -0.1) is 0 Å². The number of nitrogens with zero attached hydrogens (tertiary/aromatic N) is 2. The summed E-state index contributed by atoms with van der Waals surface area (Å²) < 4.78 is 23.1. The average molecular weight is 290 g/mol. The Hall–Kier alpha value is -1.46. The Balaban J connectivity index is 1.83. The van der Waals surface area contributed by atoms with Gasteiger partial charge in [-0.1, -0.05) is 18.2 Å². The van der Waals surface area contributed by atoms with E-state index in [2.05, 4.69) is 16.0 Å². The fourth-order valence-corrected chi connectivity index (χ4v) is 4.62. The SMILES string of the molecule is CN(Cc1ccnc2ccccc12)[C@@H]1CCS(=O)(=O)C1. The summed E-state index contributed by atoms with van der Waals surface area (Å²) in [5, 5.41) is 1.14. The van der Waals surface area contributed by atoms with Crippen molar-refractivity contribution in [2.24, 2.45) is 0 Å².